The summed E-state index contributed by atoms with van der Waals surface area (Å²) in [7, 11) is 0. The molecule has 0 saturated heterocycles. The van der Waals surface area contributed by atoms with Gasteiger partial charge in [0, 0.05) is 12.3 Å². The summed E-state index contributed by atoms with van der Waals surface area (Å²) in [5, 5.41) is 2.80. The van der Waals surface area contributed by atoms with Gasteiger partial charge in [0.1, 0.15) is 6.61 Å². The van der Waals surface area contributed by atoms with Gasteiger partial charge in [-0.2, -0.15) is 13.2 Å². The van der Waals surface area contributed by atoms with E-state index >= 15 is 0 Å². The van der Waals surface area contributed by atoms with Crippen molar-refractivity contribution in [2.24, 2.45) is 10.7 Å². The monoisotopic (exact) mass is 430 g/mol. The van der Waals surface area contributed by atoms with E-state index in [4.69, 9.17) is 10.5 Å². The highest BCUT2D eigenvalue weighted by Gasteiger charge is 2.30. The topological polar surface area (TPSA) is 72.5 Å². The van der Waals surface area contributed by atoms with Crippen LogP contribution in [0.4, 0.5) is 13.2 Å². The van der Waals surface area contributed by atoms with E-state index in [9.17, 15) is 13.2 Å². The third kappa shape index (κ3) is 8.05. The maximum Gasteiger partial charge on any atom is 0.417 e. The lowest BCUT2D eigenvalue weighted by Crippen LogP contribution is -2.34. The quantitative estimate of drug-likeness (QED) is 0.239. The van der Waals surface area contributed by atoms with Gasteiger partial charge in [-0.15, -0.1) is 24.0 Å². The Balaban J connectivity index is 0.00000441. The average molecular weight is 430 g/mol. The van der Waals surface area contributed by atoms with Gasteiger partial charge >= 0.3 is 6.18 Å². The maximum absolute atomic E-state index is 12.3. The molecule has 0 radical (unpaired) electrons. The molecule has 0 fully saturated rings. The van der Waals surface area contributed by atoms with E-state index in [1.807, 2.05) is 6.92 Å². The van der Waals surface area contributed by atoms with Gasteiger partial charge in [-0.05, 0) is 13.0 Å². The van der Waals surface area contributed by atoms with Gasteiger partial charge in [0.05, 0.1) is 18.7 Å². The Hall–Kier alpha value is -1.52. The molecule has 5 nitrogen and oxygen atoms in total. The highest BCUT2D eigenvalue weighted by atomic mass is 127. The first kappa shape index (κ1) is 20.5. The van der Waals surface area contributed by atoms with Crippen molar-refractivity contribution in [3.63, 3.8) is 0 Å². The van der Waals surface area contributed by atoms with E-state index in [1.165, 1.54) is 6.07 Å². The number of alkyl halides is 3. The summed E-state index contributed by atoms with van der Waals surface area (Å²) >= 11 is 0. The molecule has 0 amide bonds. The fraction of sp³-hybridized carbons (Fsp3) is 0.385. The highest BCUT2D eigenvalue weighted by molar-refractivity contribution is 14.0. The Morgan fingerprint density at radius 3 is 2.64 bits per heavy atom. The lowest BCUT2D eigenvalue weighted by atomic mass is 10.3. The molecule has 0 unspecified atom stereocenters. The summed E-state index contributed by atoms with van der Waals surface area (Å²) in [6, 6.07) is 2.08. The first-order valence-electron chi connectivity index (χ1n) is 6.13. The summed E-state index contributed by atoms with van der Waals surface area (Å²) in [5.74, 6) is 0.365. The van der Waals surface area contributed by atoms with Crippen molar-refractivity contribution < 1.29 is 17.9 Å². The number of nitrogens with two attached hydrogens (primary N) is 1. The summed E-state index contributed by atoms with van der Waals surface area (Å²) in [5.41, 5.74) is 5.63. The van der Waals surface area contributed by atoms with Crippen molar-refractivity contribution in [1.29, 1.82) is 0 Å². The third-order valence-corrected chi connectivity index (χ3v) is 2.24. The standard InChI is InChI=1S/C13H17F3N4O.HI/c1-9(2)7-20-12(17)18-5-6-21-11-4-3-10(8-19-11)13(14,15)16;/h3-4,8H,1,5-7H2,2H3,(H3,17,18,20);1H. The smallest absolute Gasteiger partial charge is 0.417 e. The minimum absolute atomic E-state index is 0. The van der Waals surface area contributed by atoms with Crippen LogP contribution in [0.2, 0.25) is 0 Å². The molecule has 0 atom stereocenters. The molecular weight excluding hydrogens is 412 g/mol. The molecular formula is C13H18F3IN4O. The molecule has 0 spiro atoms. The lowest BCUT2D eigenvalue weighted by molar-refractivity contribution is -0.137. The zero-order valence-electron chi connectivity index (χ0n) is 12.0. The van der Waals surface area contributed by atoms with E-state index in [2.05, 4.69) is 21.9 Å². The zero-order chi connectivity index (χ0) is 15.9. The van der Waals surface area contributed by atoms with Gasteiger partial charge in [-0.25, -0.2) is 9.98 Å². The van der Waals surface area contributed by atoms with Crippen molar-refractivity contribution in [2.45, 2.75) is 13.1 Å². The van der Waals surface area contributed by atoms with E-state index in [-0.39, 0.29) is 42.4 Å². The molecule has 0 bridgehead atoms. The van der Waals surface area contributed by atoms with Crippen LogP contribution in [0.5, 0.6) is 5.88 Å². The number of hydrogen-bond acceptors (Lipinski definition) is 3. The zero-order valence-corrected chi connectivity index (χ0v) is 14.3. The molecule has 0 aromatic carbocycles. The molecule has 1 heterocycles. The van der Waals surface area contributed by atoms with Crippen molar-refractivity contribution in [2.75, 3.05) is 19.7 Å². The Labute approximate surface area is 143 Å². The van der Waals surface area contributed by atoms with Gasteiger partial charge in [0.15, 0.2) is 5.96 Å². The largest absolute Gasteiger partial charge is 0.476 e. The van der Waals surface area contributed by atoms with E-state index in [0.29, 0.717) is 13.1 Å². The molecule has 9 heteroatoms. The van der Waals surface area contributed by atoms with Crippen LogP contribution in [-0.4, -0.2) is 30.6 Å². The van der Waals surface area contributed by atoms with Crippen LogP contribution < -0.4 is 15.8 Å². The summed E-state index contributed by atoms with van der Waals surface area (Å²) in [4.78, 5) is 7.57. The van der Waals surface area contributed by atoms with Crippen LogP contribution in [0.15, 0.2) is 35.5 Å². The summed E-state index contributed by atoms with van der Waals surface area (Å²) in [6.45, 7) is 6.50. The fourth-order valence-corrected chi connectivity index (χ4v) is 1.24. The number of aliphatic imine (C=N–C) groups is 1. The van der Waals surface area contributed by atoms with Gasteiger partial charge in [-0.1, -0.05) is 12.2 Å². The van der Waals surface area contributed by atoms with Crippen molar-refractivity contribution in [3.8, 4) is 5.88 Å². The first-order chi connectivity index (χ1) is 9.79. The van der Waals surface area contributed by atoms with Crippen molar-refractivity contribution in [1.82, 2.24) is 10.3 Å². The Morgan fingerprint density at radius 2 is 2.14 bits per heavy atom. The lowest BCUT2D eigenvalue weighted by Gasteiger charge is -2.09. The van der Waals surface area contributed by atoms with Crippen LogP contribution >= 0.6 is 24.0 Å². The van der Waals surface area contributed by atoms with E-state index in [0.717, 1.165) is 17.8 Å². The predicted molar refractivity (Wildman–Crippen MR) is 89.5 cm³/mol. The Bertz CT molecular complexity index is 503. The minimum Gasteiger partial charge on any atom is -0.476 e. The average Bonchev–Trinajstić information content (AvgIpc) is 2.41. The number of aromatic nitrogens is 1. The maximum atomic E-state index is 12.3. The number of ether oxygens (including phenoxy) is 1. The first-order valence-corrected chi connectivity index (χ1v) is 6.13. The van der Waals surface area contributed by atoms with Crippen LogP contribution in [0.1, 0.15) is 12.5 Å². The molecule has 1 rings (SSSR count). The molecule has 0 aliphatic carbocycles. The van der Waals surface area contributed by atoms with Gasteiger partial charge in [-0.3, -0.25) is 0 Å². The van der Waals surface area contributed by atoms with Crippen LogP contribution in [0.3, 0.4) is 0 Å². The Morgan fingerprint density at radius 1 is 1.45 bits per heavy atom. The molecule has 1 aromatic rings. The van der Waals surface area contributed by atoms with Gasteiger partial charge in [0.25, 0.3) is 0 Å². The minimum atomic E-state index is -4.40. The number of pyridine rings is 1. The fourth-order valence-electron chi connectivity index (χ4n) is 1.24. The number of guanidine groups is 1. The SMILES string of the molecule is C=C(C)CN=C(N)NCCOc1ccc(C(F)(F)F)cn1.I. The van der Waals surface area contributed by atoms with E-state index in [1.54, 1.807) is 0 Å². The number of nitrogens with zero attached hydrogens (tertiary/aromatic N) is 2. The second-order valence-electron chi connectivity index (χ2n) is 4.32. The summed E-state index contributed by atoms with van der Waals surface area (Å²) in [6.07, 6.45) is -3.67. The second kappa shape index (κ2) is 9.49. The number of rotatable bonds is 6. The van der Waals surface area contributed by atoms with Crippen molar-refractivity contribution in [3.05, 3.63) is 36.0 Å². The van der Waals surface area contributed by atoms with Crippen LogP contribution in [0.25, 0.3) is 0 Å². The molecule has 124 valence electrons. The molecule has 22 heavy (non-hydrogen) atoms. The summed E-state index contributed by atoms with van der Waals surface area (Å²) < 4.78 is 42.1. The molecule has 0 saturated carbocycles. The second-order valence-corrected chi connectivity index (χ2v) is 4.32. The third-order valence-electron chi connectivity index (χ3n) is 2.24. The van der Waals surface area contributed by atoms with E-state index < -0.39 is 11.7 Å². The molecule has 0 aliphatic heterocycles. The number of halogens is 4. The van der Waals surface area contributed by atoms with Crippen molar-refractivity contribution >= 4 is 29.9 Å². The predicted octanol–water partition coefficient (Wildman–Crippen LogP) is 2.58. The normalized spacial score (nSPS) is 11.5. The van der Waals surface area contributed by atoms with Crippen LogP contribution in [-0.2, 0) is 6.18 Å². The van der Waals surface area contributed by atoms with Gasteiger partial charge < -0.3 is 15.8 Å². The van der Waals surface area contributed by atoms with Crippen LogP contribution in [0, 0.1) is 0 Å². The molecule has 3 N–H and O–H groups in total. The number of nitrogens with one attached hydrogen (secondary N) is 1. The molecule has 1 aromatic heterocycles. The highest BCUT2D eigenvalue weighted by Crippen LogP contribution is 2.29. The van der Waals surface area contributed by atoms with Gasteiger partial charge in [0.2, 0.25) is 5.88 Å². The molecule has 0 aliphatic rings. The Kier molecular flexibility index (Phi) is 8.83. The number of hydrogen-bond donors (Lipinski definition) is 2.